The molecule has 0 aromatic carbocycles. The molecule has 23 heavy (non-hydrogen) atoms. The Morgan fingerprint density at radius 1 is 1.00 bits per heavy atom. The molecule has 3 unspecified atom stereocenters. The Hall–Kier alpha value is -0.0800. The van der Waals surface area contributed by atoms with Gasteiger partial charge in [-0.2, -0.15) is 0 Å². The van der Waals surface area contributed by atoms with E-state index in [0.717, 1.165) is 25.0 Å². The molecule has 0 spiro atoms. The van der Waals surface area contributed by atoms with Gasteiger partial charge in [-0.3, -0.25) is 0 Å². The summed E-state index contributed by atoms with van der Waals surface area (Å²) in [5, 5.41) is 0. The van der Waals surface area contributed by atoms with Crippen molar-refractivity contribution in [2.45, 2.75) is 79.1 Å². The molecule has 3 rings (SSSR count). The standard InChI is InChI=1S/C21H40O2/c1-7-8-9-10-13-20(15-22-5,16-23-6)21-14-18(19(21,3)4)12-11-17(21)2/h17-18H,7-16H2,1-6H3. The van der Waals surface area contributed by atoms with E-state index in [4.69, 9.17) is 9.47 Å². The first-order chi connectivity index (χ1) is 10.9. The van der Waals surface area contributed by atoms with Crippen LogP contribution in [0.15, 0.2) is 0 Å². The third kappa shape index (κ3) is 2.88. The second-order valence-corrected chi connectivity index (χ2v) is 9.03. The summed E-state index contributed by atoms with van der Waals surface area (Å²) in [7, 11) is 3.76. The molecule has 0 aromatic heterocycles. The van der Waals surface area contributed by atoms with Crippen molar-refractivity contribution in [3.05, 3.63) is 0 Å². The number of ether oxygens (including phenoxy) is 2. The highest BCUT2D eigenvalue weighted by molar-refractivity contribution is 5.19. The Morgan fingerprint density at radius 3 is 2.13 bits per heavy atom. The molecule has 136 valence electrons. The van der Waals surface area contributed by atoms with Crippen molar-refractivity contribution in [2.24, 2.45) is 28.1 Å². The van der Waals surface area contributed by atoms with E-state index in [9.17, 15) is 0 Å². The van der Waals surface area contributed by atoms with Gasteiger partial charge in [0, 0.05) is 19.6 Å². The zero-order valence-electron chi connectivity index (χ0n) is 16.5. The van der Waals surface area contributed by atoms with E-state index in [-0.39, 0.29) is 5.41 Å². The summed E-state index contributed by atoms with van der Waals surface area (Å²) in [6.45, 7) is 11.6. The second kappa shape index (κ2) is 7.44. The summed E-state index contributed by atoms with van der Waals surface area (Å²) in [6.07, 6.45) is 10.8. The minimum atomic E-state index is 0.185. The number of hydrogen-bond acceptors (Lipinski definition) is 2. The first-order valence-corrected chi connectivity index (χ1v) is 9.89. The molecule has 3 fully saturated rings. The van der Waals surface area contributed by atoms with Crippen LogP contribution in [0, 0.1) is 28.1 Å². The van der Waals surface area contributed by atoms with Gasteiger partial charge in [-0.1, -0.05) is 53.4 Å². The van der Waals surface area contributed by atoms with E-state index < -0.39 is 0 Å². The van der Waals surface area contributed by atoms with Gasteiger partial charge in [-0.25, -0.2) is 0 Å². The Labute approximate surface area is 144 Å². The van der Waals surface area contributed by atoms with Gasteiger partial charge in [-0.05, 0) is 48.3 Å². The largest absolute Gasteiger partial charge is 0.384 e. The smallest absolute Gasteiger partial charge is 0.0546 e. The lowest BCUT2D eigenvalue weighted by molar-refractivity contribution is -0.286. The summed E-state index contributed by atoms with van der Waals surface area (Å²) in [6, 6.07) is 0. The lowest BCUT2D eigenvalue weighted by Crippen LogP contribution is -2.70. The molecule has 3 aliphatic rings. The van der Waals surface area contributed by atoms with Crippen LogP contribution < -0.4 is 0 Å². The summed E-state index contributed by atoms with van der Waals surface area (Å²) >= 11 is 0. The van der Waals surface area contributed by atoms with Crippen LogP contribution in [0.25, 0.3) is 0 Å². The normalized spacial score (nSPS) is 32.6. The molecular formula is C21H40O2. The summed E-state index contributed by atoms with van der Waals surface area (Å²) in [4.78, 5) is 0. The number of unbranched alkanes of at least 4 members (excludes halogenated alkanes) is 3. The quantitative estimate of drug-likeness (QED) is 0.480. The zero-order chi connectivity index (χ0) is 17.1. The van der Waals surface area contributed by atoms with Crippen LogP contribution in [0.1, 0.15) is 79.1 Å². The SMILES string of the molecule is CCCCCCC(COC)(COC)C12CC(CCC1C)C2(C)C. The molecule has 2 bridgehead atoms. The zero-order valence-corrected chi connectivity index (χ0v) is 16.5. The lowest BCUT2D eigenvalue weighted by Gasteiger charge is -2.75. The van der Waals surface area contributed by atoms with Gasteiger partial charge in [0.05, 0.1) is 13.2 Å². The minimum Gasteiger partial charge on any atom is -0.384 e. The Morgan fingerprint density at radius 2 is 1.65 bits per heavy atom. The molecule has 0 N–H and O–H groups in total. The van der Waals surface area contributed by atoms with Crippen LogP contribution in [0.3, 0.4) is 0 Å². The van der Waals surface area contributed by atoms with E-state index in [1.165, 1.54) is 51.4 Å². The van der Waals surface area contributed by atoms with Crippen LogP contribution in [0.5, 0.6) is 0 Å². The van der Waals surface area contributed by atoms with Crippen molar-refractivity contribution in [3.63, 3.8) is 0 Å². The third-order valence-electron chi connectivity index (χ3n) is 7.82. The molecule has 3 aliphatic carbocycles. The van der Waals surface area contributed by atoms with Crippen molar-refractivity contribution in [1.29, 1.82) is 0 Å². The molecule has 0 radical (unpaired) electrons. The molecule has 0 heterocycles. The Bertz CT molecular complexity index is 370. The molecule has 0 aliphatic heterocycles. The topological polar surface area (TPSA) is 18.5 Å². The second-order valence-electron chi connectivity index (χ2n) is 9.03. The molecule has 3 saturated carbocycles. The van der Waals surface area contributed by atoms with Crippen molar-refractivity contribution < 1.29 is 9.47 Å². The summed E-state index contributed by atoms with van der Waals surface area (Å²) in [5.41, 5.74) is 0.998. The first-order valence-electron chi connectivity index (χ1n) is 9.89. The molecule has 0 saturated heterocycles. The lowest BCUT2D eigenvalue weighted by atomic mass is 9.30. The average Bonchev–Trinajstić information content (AvgIpc) is 2.51. The molecular weight excluding hydrogens is 284 g/mol. The van der Waals surface area contributed by atoms with Crippen LogP contribution in [-0.2, 0) is 9.47 Å². The van der Waals surface area contributed by atoms with Crippen molar-refractivity contribution >= 4 is 0 Å². The first kappa shape index (κ1) is 19.2. The summed E-state index contributed by atoms with van der Waals surface area (Å²) in [5.74, 6) is 1.68. The highest BCUT2D eigenvalue weighted by Crippen LogP contribution is 2.76. The van der Waals surface area contributed by atoms with E-state index in [1.807, 2.05) is 14.2 Å². The van der Waals surface area contributed by atoms with Gasteiger partial charge in [0.2, 0.25) is 0 Å². The highest BCUT2D eigenvalue weighted by atomic mass is 16.5. The number of hydrogen-bond donors (Lipinski definition) is 0. The van der Waals surface area contributed by atoms with Gasteiger partial charge in [-0.15, -0.1) is 0 Å². The summed E-state index contributed by atoms with van der Waals surface area (Å²) < 4.78 is 11.6. The Balaban J connectivity index is 2.30. The number of fused-ring (bicyclic) bond motifs is 2. The van der Waals surface area contributed by atoms with Crippen molar-refractivity contribution in [1.82, 2.24) is 0 Å². The van der Waals surface area contributed by atoms with E-state index in [2.05, 4.69) is 27.7 Å². The fourth-order valence-electron chi connectivity index (χ4n) is 6.67. The molecule has 0 amide bonds. The van der Waals surface area contributed by atoms with Crippen LogP contribution in [0.4, 0.5) is 0 Å². The molecule has 2 heteroatoms. The van der Waals surface area contributed by atoms with Gasteiger partial charge in [0.15, 0.2) is 0 Å². The third-order valence-corrected chi connectivity index (χ3v) is 7.82. The number of rotatable bonds is 10. The minimum absolute atomic E-state index is 0.185. The van der Waals surface area contributed by atoms with Gasteiger partial charge in [0.1, 0.15) is 0 Å². The van der Waals surface area contributed by atoms with Crippen LogP contribution in [-0.4, -0.2) is 27.4 Å². The Kier molecular flexibility index (Phi) is 6.22. The van der Waals surface area contributed by atoms with Crippen LogP contribution >= 0.6 is 0 Å². The van der Waals surface area contributed by atoms with Gasteiger partial charge >= 0.3 is 0 Å². The highest BCUT2D eigenvalue weighted by Gasteiger charge is 2.71. The monoisotopic (exact) mass is 324 g/mol. The maximum atomic E-state index is 5.82. The maximum Gasteiger partial charge on any atom is 0.0546 e. The van der Waals surface area contributed by atoms with Crippen molar-refractivity contribution in [2.75, 3.05) is 27.4 Å². The number of methoxy groups -OCH3 is 2. The predicted octanol–water partition coefficient (Wildman–Crippen LogP) is 5.70. The average molecular weight is 325 g/mol. The van der Waals surface area contributed by atoms with E-state index in [0.29, 0.717) is 10.8 Å². The predicted molar refractivity (Wildman–Crippen MR) is 97.7 cm³/mol. The van der Waals surface area contributed by atoms with Crippen molar-refractivity contribution in [3.8, 4) is 0 Å². The molecule has 2 nitrogen and oxygen atoms in total. The molecule has 3 atom stereocenters. The van der Waals surface area contributed by atoms with E-state index >= 15 is 0 Å². The van der Waals surface area contributed by atoms with Gasteiger partial charge in [0.25, 0.3) is 0 Å². The van der Waals surface area contributed by atoms with Gasteiger partial charge < -0.3 is 9.47 Å². The fraction of sp³-hybridized carbons (Fsp3) is 1.00. The maximum absolute atomic E-state index is 5.82. The van der Waals surface area contributed by atoms with E-state index in [1.54, 1.807) is 0 Å². The molecule has 0 aromatic rings. The fourth-order valence-corrected chi connectivity index (χ4v) is 6.67. The van der Waals surface area contributed by atoms with Crippen LogP contribution in [0.2, 0.25) is 0 Å².